The molecule has 0 saturated carbocycles. The Morgan fingerprint density at radius 3 is 2.17 bits per heavy atom. The summed E-state index contributed by atoms with van der Waals surface area (Å²) >= 11 is 0. The van der Waals surface area contributed by atoms with Crippen LogP contribution in [0.5, 0.6) is 0 Å². The smallest absolute Gasteiger partial charge is 0.355 e. The number of benzene rings is 1. The minimum absolute atomic E-state index is 0.0685. The summed E-state index contributed by atoms with van der Waals surface area (Å²) < 4.78 is 29.4. The van der Waals surface area contributed by atoms with E-state index in [1.165, 1.54) is 42.5 Å². The predicted molar refractivity (Wildman–Crippen MR) is 103 cm³/mol. The third kappa shape index (κ3) is 5.10. The summed E-state index contributed by atoms with van der Waals surface area (Å²) in [6, 6.07) is 3.74. The molecule has 1 aromatic rings. The Balaban J connectivity index is 2.54. The van der Waals surface area contributed by atoms with E-state index in [2.05, 4.69) is 0 Å². The van der Waals surface area contributed by atoms with E-state index in [9.17, 15) is 18.8 Å². The number of carbonyl (C=O) groups is 3. The number of hydrogen-bond acceptors (Lipinski definition) is 7. The van der Waals surface area contributed by atoms with Gasteiger partial charge in [-0.05, 0) is 51.1 Å². The second-order valence-corrected chi connectivity index (χ2v) is 6.98. The van der Waals surface area contributed by atoms with Gasteiger partial charge in [0.1, 0.15) is 17.1 Å². The zero-order chi connectivity index (χ0) is 21.8. The van der Waals surface area contributed by atoms with Gasteiger partial charge in [0.25, 0.3) is 0 Å². The standard InChI is InChI=1S/C21H22FNO6/c1-21(2,3)29-19(25)14-10-9-13(12-16(14)22)23-11-7-6-8-15(18(24)27-4)17(23)20(26)28-5/h6-12H,1-5H3. The van der Waals surface area contributed by atoms with E-state index in [1.54, 1.807) is 26.8 Å². The van der Waals surface area contributed by atoms with E-state index in [4.69, 9.17) is 14.2 Å². The predicted octanol–water partition coefficient (Wildman–Crippen LogP) is 3.27. The third-order valence-electron chi connectivity index (χ3n) is 3.74. The van der Waals surface area contributed by atoms with Crippen molar-refractivity contribution in [3.63, 3.8) is 0 Å². The molecule has 0 atom stereocenters. The summed E-state index contributed by atoms with van der Waals surface area (Å²) in [7, 11) is 2.34. The number of ether oxygens (including phenoxy) is 3. The molecule has 0 radical (unpaired) electrons. The van der Waals surface area contributed by atoms with E-state index in [0.717, 1.165) is 13.2 Å². The molecule has 1 aliphatic rings. The fourth-order valence-corrected chi connectivity index (χ4v) is 2.52. The van der Waals surface area contributed by atoms with Gasteiger partial charge in [0.2, 0.25) is 0 Å². The molecular weight excluding hydrogens is 381 g/mol. The molecule has 0 aromatic heterocycles. The van der Waals surface area contributed by atoms with E-state index < -0.39 is 29.3 Å². The first-order valence-corrected chi connectivity index (χ1v) is 8.67. The van der Waals surface area contributed by atoms with E-state index in [-0.39, 0.29) is 22.5 Å². The molecule has 0 spiro atoms. The van der Waals surface area contributed by atoms with Crippen molar-refractivity contribution < 1.29 is 33.0 Å². The molecule has 0 saturated heterocycles. The number of allylic oxidation sites excluding steroid dienone is 2. The number of nitrogens with zero attached hydrogens (tertiary/aromatic N) is 1. The van der Waals surface area contributed by atoms with Crippen LogP contribution in [0.25, 0.3) is 0 Å². The maximum Gasteiger partial charge on any atom is 0.355 e. The molecule has 154 valence electrons. The first kappa shape index (κ1) is 21.9. The number of methoxy groups -OCH3 is 2. The van der Waals surface area contributed by atoms with Crippen LogP contribution in [0.4, 0.5) is 10.1 Å². The highest BCUT2D eigenvalue weighted by atomic mass is 19.1. The lowest BCUT2D eigenvalue weighted by Crippen LogP contribution is -2.27. The van der Waals surface area contributed by atoms with Crippen LogP contribution in [-0.4, -0.2) is 37.7 Å². The molecule has 8 heteroatoms. The van der Waals surface area contributed by atoms with Crippen LogP contribution < -0.4 is 4.90 Å². The first-order valence-electron chi connectivity index (χ1n) is 8.67. The monoisotopic (exact) mass is 403 g/mol. The Kier molecular flexibility index (Phi) is 6.58. The molecule has 1 heterocycles. The van der Waals surface area contributed by atoms with Crippen LogP contribution in [0.2, 0.25) is 0 Å². The molecule has 7 nitrogen and oxygen atoms in total. The number of hydrogen-bond donors (Lipinski definition) is 0. The molecule has 0 aliphatic carbocycles. The van der Waals surface area contributed by atoms with Crippen molar-refractivity contribution in [2.75, 3.05) is 19.1 Å². The van der Waals surface area contributed by atoms with E-state index >= 15 is 0 Å². The third-order valence-corrected chi connectivity index (χ3v) is 3.74. The van der Waals surface area contributed by atoms with Gasteiger partial charge in [0.05, 0.1) is 25.4 Å². The van der Waals surface area contributed by atoms with Gasteiger partial charge >= 0.3 is 17.9 Å². The Labute approximate surface area is 168 Å². The topological polar surface area (TPSA) is 82.1 Å². The van der Waals surface area contributed by atoms with Crippen LogP contribution in [0, 0.1) is 5.82 Å². The zero-order valence-corrected chi connectivity index (χ0v) is 16.8. The summed E-state index contributed by atoms with van der Waals surface area (Å²) in [5.74, 6) is -3.24. The van der Waals surface area contributed by atoms with Crippen molar-refractivity contribution in [1.82, 2.24) is 0 Å². The van der Waals surface area contributed by atoms with Gasteiger partial charge in [-0.25, -0.2) is 18.8 Å². The van der Waals surface area contributed by atoms with Crippen LogP contribution in [-0.2, 0) is 23.8 Å². The Morgan fingerprint density at radius 2 is 1.62 bits per heavy atom. The minimum atomic E-state index is -0.841. The van der Waals surface area contributed by atoms with Gasteiger partial charge in [0, 0.05) is 11.9 Å². The maximum atomic E-state index is 14.7. The molecule has 0 bridgehead atoms. The van der Waals surface area contributed by atoms with Crippen molar-refractivity contribution in [3.05, 3.63) is 65.3 Å². The van der Waals surface area contributed by atoms with Crippen LogP contribution >= 0.6 is 0 Å². The van der Waals surface area contributed by atoms with Crippen molar-refractivity contribution in [2.45, 2.75) is 26.4 Å². The zero-order valence-electron chi connectivity index (χ0n) is 16.8. The molecule has 0 N–H and O–H groups in total. The van der Waals surface area contributed by atoms with Gasteiger partial charge in [-0.3, -0.25) is 0 Å². The number of carbonyl (C=O) groups excluding carboxylic acids is 3. The van der Waals surface area contributed by atoms with Crippen LogP contribution in [0.1, 0.15) is 31.1 Å². The quantitative estimate of drug-likeness (QED) is 0.564. The SMILES string of the molecule is COC(=O)C1=C(C(=O)OC)N(c2ccc(C(=O)OC(C)(C)C)c(F)c2)C=CC=C1. The van der Waals surface area contributed by atoms with Gasteiger partial charge in [-0.15, -0.1) is 0 Å². The van der Waals surface area contributed by atoms with Crippen LogP contribution in [0.15, 0.2) is 53.9 Å². The average Bonchev–Trinajstić information content (AvgIpc) is 2.88. The lowest BCUT2D eigenvalue weighted by atomic mass is 10.1. The number of rotatable bonds is 4. The Hall–Kier alpha value is -3.42. The fourth-order valence-electron chi connectivity index (χ4n) is 2.52. The summed E-state index contributed by atoms with van der Waals surface area (Å²) in [6.07, 6.45) is 5.93. The Morgan fingerprint density at radius 1 is 0.966 bits per heavy atom. The molecule has 0 amide bonds. The van der Waals surface area contributed by atoms with E-state index in [1.807, 2.05) is 0 Å². The average molecular weight is 403 g/mol. The van der Waals surface area contributed by atoms with Crippen molar-refractivity contribution in [3.8, 4) is 0 Å². The van der Waals surface area contributed by atoms with Gasteiger partial charge in [-0.1, -0.05) is 6.08 Å². The Bertz CT molecular complexity index is 924. The van der Waals surface area contributed by atoms with Crippen molar-refractivity contribution >= 4 is 23.6 Å². The molecule has 0 unspecified atom stereocenters. The van der Waals surface area contributed by atoms with Gasteiger partial charge in [0.15, 0.2) is 0 Å². The number of anilines is 1. The minimum Gasteiger partial charge on any atom is -0.465 e. The summed E-state index contributed by atoms with van der Waals surface area (Å²) in [6.45, 7) is 5.02. The van der Waals surface area contributed by atoms with Gasteiger partial charge < -0.3 is 19.1 Å². The second kappa shape index (κ2) is 8.72. The summed E-state index contributed by atoms with van der Waals surface area (Å²) in [5, 5.41) is 0. The highest BCUT2D eigenvalue weighted by Crippen LogP contribution is 2.28. The molecule has 1 aromatic carbocycles. The maximum absolute atomic E-state index is 14.7. The molecular formula is C21H22FNO6. The van der Waals surface area contributed by atoms with Gasteiger partial charge in [-0.2, -0.15) is 0 Å². The van der Waals surface area contributed by atoms with Crippen molar-refractivity contribution in [1.29, 1.82) is 0 Å². The highest BCUT2D eigenvalue weighted by Gasteiger charge is 2.28. The second-order valence-electron chi connectivity index (χ2n) is 6.98. The highest BCUT2D eigenvalue weighted by molar-refractivity contribution is 6.05. The largest absolute Gasteiger partial charge is 0.465 e. The van der Waals surface area contributed by atoms with E-state index in [0.29, 0.717) is 0 Å². The molecule has 29 heavy (non-hydrogen) atoms. The van der Waals surface area contributed by atoms with Crippen LogP contribution in [0.3, 0.4) is 0 Å². The number of esters is 3. The molecule has 2 rings (SSSR count). The summed E-state index contributed by atoms with van der Waals surface area (Å²) in [4.78, 5) is 38.0. The summed E-state index contributed by atoms with van der Waals surface area (Å²) in [5.41, 5.74) is -1.07. The normalized spacial score (nSPS) is 13.8. The number of halogens is 1. The molecule has 1 aliphatic heterocycles. The fraction of sp³-hybridized carbons (Fsp3) is 0.286. The lowest BCUT2D eigenvalue weighted by molar-refractivity contribution is -0.139. The molecule has 0 fully saturated rings. The van der Waals surface area contributed by atoms with Crippen molar-refractivity contribution in [2.24, 2.45) is 0 Å². The lowest BCUT2D eigenvalue weighted by Gasteiger charge is -2.24. The first-order chi connectivity index (χ1) is 13.6.